The third-order valence-corrected chi connectivity index (χ3v) is 1.75. The van der Waals surface area contributed by atoms with Gasteiger partial charge in [0.25, 0.3) is 0 Å². The van der Waals surface area contributed by atoms with Gasteiger partial charge in [-0.25, -0.2) is 4.39 Å². The number of ether oxygens (including phenoxy) is 2. The first-order chi connectivity index (χ1) is 7.38. The third kappa shape index (κ3) is 4.48. The molecule has 0 spiro atoms. The van der Waals surface area contributed by atoms with Crippen molar-refractivity contribution >= 4 is 0 Å². The van der Waals surface area contributed by atoms with Gasteiger partial charge >= 0.3 is 6.36 Å². The fourth-order valence-electron chi connectivity index (χ4n) is 1.02. The summed E-state index contributed by atoms with van der Waals surface area (Å²) >= 11 is 0. The average molecular weight is 238 g/mol. The molecule has 1 rings (SSSR count). The van der Waals surface area contributed by atoms with Gasteiger partial charge in [-0.3, -0.25) is 4.74 Å². The minimum atomic E-state index is -4.65. The number of aryl methyl sites for hydroxylation is 1. The van der Waals surface area contributed by atoms with Crippen LogP contribution in [0.1, 0.15) is 5.56 Å². The molecule has 1 aromatic carbocycles. The highest BCUT2D eigenvalue weighted by Crippen LogP contribution is 2.17. The van der Waals surface area contributed by atoms with Crippen molar-refractivity contribution in [3.05, 3.63) is 29.6 Å². The molecule has 0 fully saturated rings. The van der Waals surface area contributed by atoms with Gasteiger partial charge in [-0.1, -0.05) is 0 Å². The average Bonchev–Trinajstić information content (AvgIpc) is 2.17. The van der Waals surface area contributed by atoms with E-state index in [4.69, 9.17) is 4.74 Å². The molecule has 0 heterocycles. The number of alkyl halides is 3. The van der Waals surface area contributed by atoms with Crippen LogP contribution in [0.15, 0.2) is 18.2 Å². The highest BCUT2D eigenvalue weighted by atomic mass is 19.4. The molecule has 0 aromatic heterocycles. The summed E-state index contributed by atoms with van der Waals surface area (Å²) in [5, 5.41) is 0. The largest absolute Gasteiger partial charge is 0.522 e. The molecule has 0 saturated heterocycles. The van der Waals surface area contributed by atoms with Crippen LogP contribution in [0.4, 0.5) is 17.6 Å². The molecule has 0 aliphatic heterocycles. The Morgan fingerprint density at radius 1 is 1.19 bits per heavy atom. The second-order valence-corrected chi connectivity index (χ2v) is 3.05. The fraction of sp³-hybridized carbons (Fsp3) is 0.400. The van der Waals surface area contributed by atoms with Gasteiger partial charge in [0, 0.05) is 0 Å². The van der Waals surface area contributed by atoms with E-state index >= 15 is 0 Å². The monoisotopic (exact) mass is 238 g/mol. The molecule has 6 heteroatoms. The Morgan fingerprint density at radius 3 is 2.44 bits per heavy atom. The SMILES string of the molecule is Cc1cc(OCCOC(F)(F)F)ccc1F. The standard InChI is InChI=1S/C10H10F4O2/c1-7-6-8(2-3-9(7)11)15-4-5-16-10(12,13)14/h2-3,6H,4-5H2,1H3. The van der Waals surface area contributed by atoms with Crippen LogP contribution in [-0.2, 0) is 4.74 Å². The molecule has 0 bridgehead atoms. The van der Waals surface area contributed by atoms with Gasteiger partial charge < -0.3 is 4.74 Å². The van der Waals surface area contributed by atoms with Crippen molar-refractivity contribution in [2.75, 3.05) is 13.2 Å². The number of halogens is 4. The molecule has 1 aromatic rings. The number of hydrogen-bond acceptors (Lipinski definition) is 2. The van der Waals surface area contributed by atoms with Crippen LogP contribution >= 0.6 is 0 Å². The van der Waals surface area contributed by atoms with Gasteiger partial charge in [0.15, 0.2) is 0 Å². The molecule has 90 valence electrons. The first-order valence-electron chi connectivity index (χ1n) is 4.48. The smallest absolute Gasteiger partial charge is 0.491 e. The molecule has 0 amide bonds. The zero-order valence-electron chi connectivity index (χ0n) is 8.47. The molecule has 0 N–H and O–H groups in total. The Kier molecular flexibility index (Phi) is 4.12. The van der Waals surface area contributed by atoms with Crippen molar-refractivity contribution in [3.8, 4) is 5.75 Å². The molecule has 0 aliphatic rings. The summed E-state index contributed by atoms with van der Waals surface area (Å²) in [6.07, 6.45) is -4.65. The van der Waals surface area contributed by atoms with Crippen molar-refractivity contribution in [3.63, 3.8) is 0 Å². The van der Waals surface area contributed by atoms with E-state index in [2.05, 4.69) is 4.74 Å². The normalized spacial score (nSPS) is 11.6. The van der Waals surface area contributed by atoms with Crippen LogP contribution < -0.4 is 4.74 Å². The molecule has 0 radical (unpaired) electrons. The second-order valence-electron chi connectivity index (χ2n) is 3.05. The lowest BCUT2D eigenvalue weighted by atomic mass is 10.2. The summed E-state index contributed by atoms with van der Waals surface area (Å²) in [7, 11) is 0. The third-order valence-electron chi connectivity index (χ3n) is 1.75. The fourth-order valence-corrected chi connectivity index (χ4v) is 1.02. The summed E-state index contributed by atoms with van der Waals surface area (Å²) in [4.78, 5) is 0. The predicted octanol–water partition coefficient (Wildman–Crippen LogP) is 3.05. The maximum atomic E-state index is 12.8. The van der Waals surface area contributed by atoms with Crippen molar-refractivity contribution in [1.82, 2.24) is 0 Å². The lowest BCUT2D eigenvalue weighted by molar-refractivity contribution is -0.325. The van der Waals surface area contributed by atoms with E-state index < -0.39 is 13.0 Å². The summed E-state index contributed by atoms with van der Waals surface area (Å²) in [5.41, 5.74) is 0.370. The summed E-state index contributed by atoms with van der Waals surface area (Å²) in [6, 6.07) is 3.94. The van der Waals surface area contributed by atoms with E-state index in [1.54, 1.807) is 0 Å². The minimum absolute atomic E-state index is 0.245. The number of hydrogen-bond donors (Lipinski definition) is 0. The van der Waals surface area contributed by atoms with Crippen molar-refractivity contribution in [2.24, 2.45) is 0 Å². The number of rotatable bonds is 4. The molecular weight excluding hydrogens is 228 g/mol. The molecule has 0 aliphatic carbocycles. The first kappa shape index (κ1) is 12.8. The Hall–Kier alpha value is -1.30. The first-order valence-corrected chi connectivity index (χ1v) is 4.48. The summed E-state index contributed by atoms with van der Waals surface area (Å²) < 4.78 is 56.0. The van der Waals surface area contributed by atoms with Gasteiger partial charge in [0.1, 0.15) is 18.2 Å². The van der Waals surface area contributed by atoms with Crippen molar-refractivity contribution < 1.29 is 27.0 Å². The van der Waals surface area contributed by atoms with E-state index in [1.165, 1.54) is 25.1 Å². The predicted molar refractivity (Wildman–Crippen MR) is 48.6 cm³/mol. The lowest BCUT2D eigenvalue weighted by Crippen LogP contribution is -2.18. The van der Waals surface area contributed by atoms with E-state index in [0.29, 0.717) is 11.3 Å². The van der Waals surface area contributed by atoms with Crippen LogP contribution in [0.3, 0.4) is 0 Å². The van der Waals surface area contributed by atoms with Crippen LogP contribution in [0.5, 0.6) is 5.75 Å². The van der Waals surface area contributed by atoms with Crippen LogP contribution in [0.25, 0.3) is 0 Å². The Labute approximate surface area is 89.8 Å². The Morgan fingerprint density at radius 2 is 1.88 bits per heavy atom. The molecule has 0 saturated carbocycles. The Balaban J connectivity index is 2.35. The lowest BCUT2D eigenvalue weighted by Gasteiger charge is -2.09. The van der Waals surface area contributed by atoms with Crippen LogP contribution in [-0.4, -0.2) is 19.6 Å². The van der Waals surface area contributed by atoms with Gasteiger partial charge in [-0.15, -0.1) is 13.2 Å². The highest BCUT2D eigenvalue weighted by Gasteiger charge is 2.28. The van der Waals surface area contributed by atoms with Crippen LogP contribution in [0, 0.1) is 12.7 Å². The van der Waals surface area contributed by atoms with Crippen LogP contribution in [0.2, 0.25) is 0 Å². The number of benzene rings is 1. The van der Waals surface area contributed by atoms with Gasteiger partial charge in [-0.05, 0) is 30.7 Å². The molecule has 16 heavy (non-hydrogen) atoms. The van der Waals surface area contributed by atoms with E-state index in [0.717, 1.165) is 0 Å². The minimum Gasteiger partial charge on any atom is -0.491 e. The van der Waals surface area contributed by atoms with E-state index in [1.807, 2.05) is 0 Å². The maximum absolute atomic E-state index is 12.8. The highest BCUT2D eigenvalue weighted by molar-refractivity contribution is 5.28. The summed E-state index contributed by atoms with van der Waals surface area (Å²) in [6.45, 7) is 0.693. The maximum Gasteiger partial charge on any atom is 0.522 e. The van der Waals surface area contributed by atoms with Crippen molar-refractivity contribution in [1.29, 1.82) is 0 Å². The summed E-state index contributed by atoms with van der Waals surface area (Å²) in [5.74, 6) is -0.0800. The van der Waals surface area contributed by atoms with Crippen molar-refractivity contribution in [2.45, 2.75) is 13.3 Å². The molecule has 0 atom stereocenters. The molecule has 2 nitrogen and oxygen atoms in total. The van der Waals surface area contributed by atoms with E-state index in [-0.39, 0.29) is 12.4 Å². The Bertz CT molecular complexity index is 349. The van der Waals surface area contributed by atoms with Gasteiger partial charge in [-0.2, -0.15) is 0 Å². The molecular formula is C10H10F4O2. The topological polar surface area (TPSA) is 18.5 Å². The zero-order chi connectivity index (χ0) is 12.2. The zero-order valence-corrected chi connectivity index (χ0v) is 8.47. The van der Waals surface area contributed by atoms with E-state index in [9.17, 15) is 17.6 Å². The second kappa shape index (κ2) is 5.16. The molecule has 0 unspecified atom stereocenters. The quantitative estimate of drug-likeness (QED) is 0.593. The van der Waals surface area contributed by atoms with Gasteiger partial charge in [0.2, 0.25) is 0 Å². The van der Waals surface area contributed by atoms with Gasteiger partial charge in [0.05, 0.1) is 6.61 Å².